The van der Waals surface area contributed by atoms with Crippen molar-refractivity contribution in [3.63, 3.8) is 0 Å². The molecular weight excluding hydrogens is 218 g/mol. The van der Waals surface area contributed by atoms with Crippen LogP contribution in [0.25, 0.3) is 0 Å². The average Bonchev–Trinajstić information content (AvgIpc) is 2.39. The molecule has 82 valence electrons. The average molecular weight is 231 g/mol. The van der Waals surface area contributed by atoms with Crippen molar-refractivity contribution in [3.8, 4) is 0 Å². The predicted molar refractivity (Wildman–Crippen MR) is 66.3 cm³/mol. The fraction of sp³-hybridized carbons (Fsp3) is 0.167. The molecule has 0 aliphatic heterocycles. The van der Waals surface area contributed by atoms with E-state index in [1.807, 2.05) is 24.5 Å². The third-order valence-corrected chi connectivity index (χ3v) is 3.23. The van der Waals surface area contributed by atoms with Crippen LogP contribution in [0.4, 0.5) is 0 Å². The van der Waals surface area contributed by atoms with Gasteiger partial charge in [0, 0.05) is 22.9 Å². The van der Waals surface area contributed by atoms with Crippen LogP contribution in [0.15, 0.2) is 47.9 Å². The lowest BCUT2D eigenvalue weighted by Gasteiger charge is -2.14. The SMILES string of the molecule is CSc1ccccc1C(N)c1cncnc1. The van der Waals surface area contributed by atoms with E-state index in [0.717, 1.165) is 11.1 Å². The summed E-state index contributed by atoms with van der Waals surface area (Å²) in [7, 11) is 0. The Bertz CT molecular complexity index is 459. The van der Waals surface area contributed by atoms with Crippen molar-refractivity contribution in [1.82, 2.24) is 9.97 Å². The van der Waals surface area contributed by atoms with E-state index in [-0.39, 0.29) is 6.04 Å². The predicted octanol–water partition coefficient (Wildman–Crippen LogP) is 2.25. The lowest BCUT2D eigenvalue weighted by Crippen LogP contribution is -2.13. The van der Waals surface area contributed by atoms with E-state index in [9.17, 15) is 0 Å². The minimum Gasteiger partial charge on any atom is -0.320 e. The third-order valence-electron chi connectivity index (χ3n) is 2.41. The number of nitrogens with zero attached hydrogens (tertiary/aromatic N) is 2. The topological polar surface area (TPSA) is 51.8 Å². The maximum atomic E-state index is 6.20. The fourth-order valence-electron chi connectivity index (χ4n) is 1.57. The second-order valence-electron chi connectivity index (χ2n) is 3.39. The van der Waals surface area contributed by atoms with Gasteiger partial charge in [0.05, 0.1) is 6.04 Å². The molecule has 0 fully saturated rings. The molecular formula is C12H13N3S. The van der Waals surface area contributed by atoms with Gasteiger partial charge in [0.2, 0.25) is 0 Å². The van der Waals surface area contributed by atoms with Gasteiger partial charge in [-0.2, -0.15) is 0 Å². The van der Waals surface area contributed by atoms with Crippen molar-refractivity contribution in [2.45, 2.75) is 10.9 Å². The standard InChI is InChI=1S/C12H13N3S/c1-16-11-5-3-2-4-10(11)12(13)9-6-14-8-15-7-9/h2-8,12H,13H2,1H3. The Morgan fingerprint density at radius 3 is 2.56 bits per heavy atom. The Morgan fingerprint density at radius 1 is 1.19 bits per heavy atom. The van der Waals surface area contributed by atoms with Crippen LogP contribution in [-0.2, 0) is 0 Å². The molecule has 1 aromatic heterocycles. The number of rotatable bonds is 3. The van der Waals surface area contributed by atoms with Crippen molar-refractivity contribution >= 4 is 11.8 Å². The monoisotopic (exact) mass is 231 g/mol. The highest BCUT2D eigenvalue weighted by molar-refractivity contribution is 7.98. The molecule has 0 spiro atoms. The molecule has 2 aromatic rings. The highest BCUT2D eigenvalue weighted by Gasteiger charge is 2.12. The first-order valence-corrected chi connectivity index (χ1v) is 6.19. The molecule has 0 saturated carbocycles. The molecule has 2 rings (SSSR count). The number of nitrogens with two attached hydrogens (primary N) is 1. The quantitative estimate of drug-likeness (QED) is 0.823. The number of thioether (sulfide) groups is 1. The zero-order valence-corrected chi connectivity index (χ0v) is 9.82. The third kappa shape index (κ3) is 2.23. The van der Waals surface area contributed by atoms with Gasteiger partial charge in [-0.05, 0) is 17.9 Å². The molecule has 0 bridgehead atoms. The minimum atomic E-state index is -0.162. The van der Waals surface area contributed by atoms with Gasteiger partial charge in [0.15, 0.2) is 0 Å². The van der Waals surface area contributed by atoms with Crippen molar-refractivity contribution < 1.29 is 0 Å². The van der Waals surface area contributed by atoms with Crippen molar-refractivity contribution in [3.05, 3.63) is 54.1 Å². The van der Waals surface area contributed by atoms with Gasteiger partial charge < -0.3 is 5.73 Å². The first-order chi connectivity index (χ1) is 7.83. The Morgan fingerprint density at radius 2 is 1.88 bits per heavy atom. The number of aromatic nitrogens is 2. The molecule has 1 heterocycles. The molecule has 1 aromatic carbocycles. The van der Waals surface area contributed by atoms with Crippen LogP contribution in [0.2, 0.25) is 0 Å². The van der Waals surface area contributed by atoms with Crippen LogP contribution in [0, 0.1) is 0 Å². The minimum absolute atomic E-state index is 0.162. The second-order valence-corrected chi connectivity index (χ2v) is 4.24. The maximum absolute atomic E-state index is 6.20. The lowest BCUT2D eigenvalue weighted by atomic mass is 10.0. The first kappa shape index (κ1) is 11.1. The Kier molecular flexibility index (Phi) is 3.54. The summed E-state index contributed by atoms with van der Waals surface area (Å²) in [5, 5.41) is 0. The molecule has 2 N–H and O–H groups in total. The summed E-state index contributed by atoms with van der Waals surface area (Å²) in [6.07, 6.45) is 7.08. The first-order valence-electron chi connectivity index (χ1n) is 4.96. The van der Waals surface area contributed by atoms with E-state index in [1.165, 1.54) is 11.2 Å². The van der Waals surface area contributed by atoms with Crippen molar-refractivity contribution in [1.29, 1.82) is 0 Å². The van der Waals surface area contributed by atoms with E-state index in [4.69, 9.17) is 5.73 Å². The normalized spacial score (nSPS) is 12.4. The summed E-state index contributed by atoms with van der Waals surface area (Å²) < 4.78 is 0. The molecule has 0 saturated heterocycles. The molecule has 4 heteroatoms. The zero-order valence-electron chi connectivity index (χ0n) is 9.00. The van der Waals surface area contributed by atoms with Crippen LogP contribution in [-0.4, -0.2) is 16.2 Å². The molecule has 1 atom stereocenters. The van der Waals surface area contributed by atoms with Crippen LogP contribution >= 0.6 is 11.8 Å². The van der Waals surface area contributed by atoms with Gasteiger partial charge in [-0.25, -0.2) is 9.97 Å². The van der Waals surface area contributed by atoms with Gasteiger partial charge in [0.25, 0.3) is 0 Å². The molecule has 3 nitrogen and oxygen atoms in total. The number of hydrogen-bond acceptors (Lipinski definition) is 4. The Labute approximate surface area is 99.1 Å². The smallest absolute Gasteiger partial charge is 0.115 e. The molecule has 0 radical (unpaired) electrons. The van der Waals surface area contributed by atoms with Gasteiger partial charge in [-0.1, -0.05) is 18.2 Å². The van der Waals surface area contributed by atoms with Crippen molar-refractivity contribution in [2.75, 3.05) is 6.26 Å². The summed E-state index contributed by atoms with van der Waals surface area (Å²) in [6, 6.07) is 7.97. The molecule has 0 aliphatic rings. The molecule has 16 heavy (non-hydrogen) atoms. The largest absolute Gasteiger partial charge is 0.320 e. The van der Waals surface area contributed by atoms with Gasteiger partial charge in [-0.15, -0.1) is 11.8 Å². The van der Waals surface area contributed by atoms with E-state index >= 15 is 0 Å². The van der Waals surface area contributed by atoms with Gasteiger partial charge in [-0.3, -0.25) is 0 Å². The number of benzene rings is 1. The van der Waals surface area contributed by atoms with Crippen molar-refractivity contribution in [2.24, 2.45) is 5.73 Å². The van der Waals surface area contributed by atoms with Gasteiger partial charge >= 0.3 is 0 Å². The van der Waals surface area contributed by atoms with Gasteiger partial charge in [0.1, 0.15) is 6.33 Å². The maximum Gasteiger partial charge on any atom is 0.115 e. The molecule has 1 unspecified atom stereocenters. The van der Waals surface area contributed by atoms with Crippen LogP contribution in [0.3, 0.4) is 0 Å². The highest BCUT2D eigenvalue weighted by atomic mass is 32.2. The second kappa shape index (κ2) is 5.09. The zero-order chi connectivity index (χ0) is 11.4. The summed E-state index contributed by atoms with van der Waals surface area (Å²) in [6.45, 7) is 0. The Balaban J connectivity index is 2.37. The molecule has 0 amide bonds. The summed E-state index contributed by atoms with van der Waals surface area (Å²) in [5.41, 5.74) is 8.25. The highest BCUT2D eigenvalue weighted by Crippen LogP contribution is 2.27. The van der Waals surface area contributed by atoms with Crippen LogP contribution in [0.1, 0.15) is 17.2 Å². The van der Waals surface area contributed by atoms with Crippen LogP contribution in [0.5, 0.6) is 0 Å². The van der Waals surface area contributed by atoms with Crippen LogP contribution < -0.4 is 5.73 Å². The summed E-state index contributed by atoms with van der Waals surface area (Å²) >= 11 is 1.70. The van der Waals surface area contributed by atoms with E-state index in [2.05, 4.69) is 16.0 Å². The fourth-order valence-corrected chi connectivity index (χ4v) is 2.22. The summed E-state index contributed by atoms with van der Waals surface area (Å²) in [4.78, 5) is 9.17. The number of hydrogen-bond donors (Lipinski definition) is 1. The lowest BCUT2D eigenvalue weighted by molar-refractivity contribution is 0.830. The molecule has 0 aliphatic carbocycles. The van der Waals surface area contributed by atoms with E-state index < -0.39 is 0 Å². The summed E-state index contributed by atoms with van der Waals surface area (Å²) in [5.74, 6) is 0. The Hall–Kier alpha value is -1.39. The van der Waals surface area contributed by atoms with E-state index in [1.54, 1.807) is 24.2 Å². The van der Waals surface area contributed by atoms with E-state index in [0.29, 0.717) is 0 Å².